The summed E-state index contributed by atoms with van der Waals surface area (Å²) in [7, 11) is -4.07. The minimum atomic E-state index is -4.07. The van der Waals surface area contributed by atoms with E-state index in [4.69, 9.17) is 9.66 Å². The van der Waals surface area contributed by atoms with Crippen LogP contribution >= 0.6 is 0 Å². The van der Waals surface area contributed by atoms with E-state index >= 15 is 0 Å². The number of aliphatic carboxylic acids is 1. The van der Waals surface area contributed by atoms with Crippen LogP contribution in [0.5, 0.6) is 0 Å². The second-order valence-electron chi connectivity index (χ2n) is 3.58. The first-order valence-electron chi connectivity index (χ1n) is 5.31. The predicted octanol–water partition coefficient (Wildman–Crippen LogP) is 0.602. The zero-order valence-electron chi connectivity index (χ0n) is 10.9. The van der Waals surface area contributed by atoms with E-state index in [9.17, 15) is 18.0 Å². The molecule has 0 fully saturated rings. The number of hydrogen-bond acceptors (Lipinski definition) is 4. The van der Waals surface area contributed by atoms with Gasteiger partial charge < -0.3 is 10.4 Å². The summed E-state index contributed by atoms with van der Waals surface area (Å²) in [6.45, 7) is 9.32. The fraction of sp³-hybridized carbons (Fsp3) is 0.455. The molecule has 0 aromatic rings. The fourth-order valence-electron chi connectivity index (χ4n) is 0.747. The molecule has 1 atom stereocenters. The molecule has 1 unspecified atom stereocenters. The van der Waals surface area contributed by atoms with Gasteiger partial charge in [-0.1, -0.05) is 20.1 Å². The number of amides is 1. The van der Waals surface area contributed by atoms with Gasteiger partial charge in [0, 0.05) is 12.1 Å². The van der Waals surface area contributed by atoms with Gasteiger partial charge in [0.05, 0.1) is 0 Å². The Labute approximate surface area is 112 Å². The molecule has 3 N–H and O–H groups in total. The van der Waals surface area contributed by atoms with E-state index in [1.807, 2.05) is 0 Å². The number of carboxylic acids is 1. The molecular weight excluding hydrogens is 274 g/mol. The Balaban J connectivity index is 0. The van der Waals surface area contributed by atoms with Crippen LogP contribution in [0.25, 0.3) is 0 Å². The average molecular weight is 293 g/mol. The van der Waals surface area contributed by atoms with Gasteiger partial charge in [-0.3, -0.25) is 9.35 Å². The minimum absolute atomic E-state index is 0.0970. The summed E-state index contributed by atoms with van der Waals surface area (Å²) in [5.74, 6) is -1.39. The molecule has 19 heavy (non-hydrogen) atoms. The van der Waals surface area contributed by atoms with Crippen molar-refractivity contribution in [2.75, 3.05) is 6.54 Å². The first-order chi connectivity index (χ1) is 8.56. The standard InChI is InChI=1S/C7H13NO4S.C4H6O2/c1-3-6(13(10,11)12)5-8-7(9)4-2;1-3(2)4(5)6/h4,6H,2-3,5H2,1H3,(H,8,9)(H,10,11,12);1H2,2H3,(H,5,6). The summed E-state index contributed by atoms with van der Waals surface area (Å²) in [6, 6.07) is 0. The second kappa shape index (κ2) is 9.29. The van der Waals surface area contributed by atoms with E-state index in [2.05, 4.69) is 18.5 Å². The Bertz CT molecular complexity index is 428. The number of hydrogen-bond donors (Lipinski definition) is 3. The molecule has 0 saturated heterocycles. The third kappa shape index (κ3) is 11.2. The van der Waals surface area contributed by atoms with Crippen LogP contribution in [0.4, 0.5) is 0 Å². The van der Waals surface area contributed by atoms with Crippen molar-refractivity contribution >= 4 is 22.0 Å². The van der Waals surface area contributed by atoms with Crippen LogP contribution in [-0.2, 0) is 19.7 Å². The lowest BCUT2D eigenvalue weighted by atomic mass is 10.3. The number of rotatable bonds is 6. The quantitative estimate of drug-likeness (QED) is 0.487. The highest BCUT2D eigenvalue weighted by molar-refractivity contribution is 7.86. The smallest absolute Gasteiger partial charge is 0.330 e. The Morgan fingerprint density at radius 1 is 1.42 bits per heavy atom. The minimum Gasteiger partial charge on any atom is -0.478 e. The molecule has 0 aliphatic rings. The molecule has 0 aromatic heterocycles. The Morgan fingerprint density at radius 2 is 1.84 bits per heavy atom. The maximum absolute atomic E-state index is 10.7. The van der Waals surface area contributed by atoms with Gasteiger partial charge in [0.25, 0.3) is 10.1 Å². The van der Waals surface area contributed by atoms with Gasteiger partial charge in [0.1, 0.15) is 5.25 Å². The molecular formula is C11H19NO6S. The van der Waals surface area contributed by atoms with Crippen LogP contribution < -0.4 is 5.32 Å². The van der Waals surface area contributed by atoms with E-state index < -0.39 is 27.2 Å². The molecule has 0 heterocycles. The zero-order chi connectivity index (χ0) is 15.6. The van der Waals surface area contributed by atoms with Crippen LogP contribution in [0.15, 0.2) is 24.8 Å². The number of carbonyl (C=O) groups is 2. The molecule has 0 spiro atoms. The molecule has 0 bridgehead atoms. The van der Waals surface area contributed by atoms with Crippen LogP contribution in [0.2, 0.25) is 0 Å². The first kappa shape index (κ1) is 19.7. The molecule has 0 saturated carbocycles. The van der Waals surface area contributed by atoms with Crippen molar-refractivity contribution in [3.63, 3.8) is 0 Å². The summed E-state index contributed by atoms with van der Waals surface area (Å²) in [4.78, 5) is 20.3. The Kier molecular flexibility index (Phi) is 9.61. The van der Waals surface area contributed by atoms with Crippen LogP contribution in [-0.4, -0.2) is 41.7 Å². The van der Waals surface area contributed by atoms with E-state index in [0.717, 1.165) is 6.08 Å². The highest BCUT2D eigenvalue weighted by Gasteiger charge is 2.20. The summed E-state index contributed by atoms with van der Waals surface area (Å²) in [5, 5.41) is 9.24. The lowest BCUT2D eigenvalue weighted by Crippen LogP contribution is -2.35. The molecule has 0 aliphatic heterocycles. The lowest BCUT2D eigenvalue weighted by molar-refractivity contribution is -0.132. The fourth-order valence-corrected chi connectivity index (χ4v) is 1.46. The van der Waals surface area contributed by atoms with E-state index in [1.54, 1.807) is 6.92 Å². The number of nitrogens with one attached hydrogen (secondary N) is 1. The van der Waals surface area contributed by atoms with Gasteiger partial charge in [-0.2, -0.15) is 8.42 Å². The molecule has 110 valence electrons. The summed E-state index contributed by atoms with van der Waals surface area (Å²) in [6.07, 6.45) is 1.28. The molecule has 7 nitrogen and oxygen atoms in total. The van der Waals surface area contributed by atoms with Crippen LogP contribution in [0.1, 0.15) is 20.3 Å². The molecule has 0 radical (unpaired) electrons. The third-order valence-electron chi connectivity index (χ3n) is 1.93. The maximum atomic E-state index is 10.7. The summed E-state index contributed by atoms with van der Waals surface area (Å²) < 4.78 is 29.9. The lowest BCUT2D eigenvalue weighted by Gasteiger charge is -2.10. The van der Waals surface area contributed by atoms with Crippen LogP contribution in [0.3, 0.4) is 0 Å². The average Bonchev–Trinajstić information content (AvgIpc) is 2.28. The van der Waals surface area contributed by atoms with Gasteiger partial charge in [-0.15, -0.1) is 0 Å². The molecule has 8 heteroatoms. The monoisotopic (exact) mass is 293 g/mol. The summed E-state index contributed by atoms with van der Waals surface area (Å²) >= 11 is 0. The zero-order valence-corrected chi connectivity index (χ0v) is 11.7. The van der Waals surface area contributed by atoms with Gasteiger partial charge in [0.2, 0.25) is 5.91 Å². The summed E-state index contributed by atoms with van der Waals surface area (Å²) in [5.41, 5.74) is 0.176. The van der Waals surface area contributed by atoms with E-state index in [1.165, 1.54) is 6.92 Å². The van der Waals surface area contributed by atoms with Gasteiger partial charge >= 0.3 is 5.97 Å². The number of carbonyl (C=O) groups excluding carboxylic acids is 1. The van der Waals surface area contributed by atoms with Gasteiger partial charge in [-0.25, -0.2) is 4.79 Å². The van der Waals surface area contributed by atoms with Gasteiger partial charge in [-0.05, 0) is 19.4 Å². The molecule has 0 aromatic carbocycles. The van der Waals surface area contributed by atoms with E-state index in [0.29, 0.717) is 0 Å². The third-order valence-corrected chi connectivity index (χ3v) is 3.27. The molecule has 0 aliphatic carbocycles. The SMILES string of the molecule is C=C(C)C(=O)O.C=CC(=O)NCC(CC)S(=O)(=O)O. The van der Waals surface area contributed by atoms with Gasteiger partial charge in [0.15, 0.2) is 0 Å². The highest BCUT2D eigenvalue weighted by Crippen LogP contribution is 2.01. The normalized spacial score (nSPS) is 11.5. The Hall–Kier alpha value is -1.67. The number of carboxylic acid groups (broad SMARTS) is 1. The van der Waals surface area contributed by atoms with E-state index in [-0.39, 0.29) is 18.5 Å². The largest absolute Gasteiger partial charge is 0.478 e. The van der Waals surface area contributed by atoms with Crippen molar-refractivity contribution in [2.24, 2.45) is 0 Å². The van der Waals surface area contributed by atoms with Crippen molar-refractivity contribution < 1.29 is 27.7 Å². The van der Waals surface area contributed by atoms with Crippen molar-refractivity contribution in [3.05, 3.63) is 24.8 Å². The van der Waals surface area contributed by atoms with Crippen molar-refractivity contribution in [3.8, 4) is 0 Å². The highest BCUT2D eigenvalue weighted by atomic mass is 32.2. The Morgan fingerprint density at radius 3 is 2.05 bits per heavy atom. The van der Waals surface area contributed by atoms with Crippen molar-refractivity contribution in [1.82, 2.24) is 5.32 Å². The maximum Gasteiger partial charge on any atom is 0.330 e. The van der Waals surface area contributed by atoms with Crippen LogP contribution in [0, 0.1) is 0 Å². The van der Waals surface area contributed by atoms with Crippen molar-refractivity contribution in [2.45, 2.75) is 25.5 Å². The predicted molar refractivity (Wildman–Crippen MR) is 71.3 cm³/mol. The van der Waals surface area contributed by atoms with Crippen molar-refractivity contribution in [1.29, 1.82) is 0 Å². The molecule has 1 amide bonds. The molecule has 0 rings (SSSR count). The second-order valence-corrected chi connectivity index (χ2v) is 5.28. The first-order valence-corrected chi connectivity index (χ1v) is 6.81. The topological polar surface area (TPSA) is 121 Å².